The minimum atomic E-state index is 0.405. The maximum atomic E-state index is 5.91. The first kappa shape index (κ1) is 11.0. The third-order valence-electron chi connectivity index (χ3n) is 2.38. The van der Waals surface area contributed by atoms with E-state index in [9.17, 15) is 0 Å². The minimum absolute atomic E-state index is 0.405. The summed E-state index contributed by atoms with van der Waals surface area (Å²) >= 11 is 5.91. The molecule has 16 heavy (non-hydrogen) atoms. The largest absolute Gasteiger partial charge is 0.338 e. The van der Waals surface area contributed by atoms with Crippen molar-refractivity contribution < 1.29 is 0 Å². The molecule has 0 bridgehead atoms. The van der Waals surface area contributed by atoms with Crippen molar-refractivity contribution in [1.82, 2.24) is 9.66 Å². The van der Waals surface area contributed by atoms with Crippen molar-refractivity contribution in [1.29, 1.82) is 0 Å². The van der Waals surface area contributed by atoms with Crippen molar-refractivity contribution in [2.24, 2.45) is 5.73 Å². The van der Waals surface area contributed by atoms with E-state index in [2.05, 4.69) is 4.98 Å². The topological polar surface area (TPSA) is 69.9 Å². The SMILES string of the molecule is Cc1cn(N)c(-c2ccc(Cl)cc2CN)n1. The van der Waals surface area contributed by atoms with Crippen LogP contribution in [0.1, 0.15) is 11.3 Å². The Hall–Kier alpha value is -1.52. The fraction of sp³-hybridized carbons (Fsp3) is 0.182. The lowest BCUT2D eigenvalue weighted by Gasteiger charge is -2.07. The van der Waals surface area contributed by atoms with Gasteiger partial charge in [0.05, 0.1) is 5.69 Å². The number of rotatable bonds is 2. The molecule has 5 heteroatoms. The highest BCUT2D eigenvalue weighted by molar-refractivity contribution is 6.30. The second-order valence-electron chi connectivity index (χ2n) is 3.62. The van der Waals surface area contributed by atoms with E-state index in [1.807, 2.05) is 19.1 Å². The molecule has 0 aliphatic heterocycles. The van der Waals surface area contributed by atoms with Crippen molar-refractivity contribution in [3.63, 3.8) is 0 Å². The smallest absolute Gasteiger partial charge is 0.158 e. The lowest BCUT2D eigenvalue weighted by atomic mass is 10.1. The van der Waals surface area contributed by atoms with Gasteiger partial charge in [0, 0.05) is 23.3 Å². The molecule has 0 saturated carbocycles. The first-order valence-corrected chi connectivity index (χ1v) is 5.29. The summed E-state index contributed by atoms with van der Waals surface area (Å²) in [5.41, 5.74) is 8.40. The van der Waals surface area contributed by atoms with Gasteiger partial charge in [-0.15, -0.1) is 0 Å². The minimum Gasteiger partial charge on any atom is -0.338 e. The number of aryl methyl sites for hydroxylation is 1. The predicted molar refractivity (Wildman–Crippen MR) is 65.5 cm³/mol. The van der Waals surface area contributed by atoms with Gasteiger partial charge in [-0.3, -0.25) is 4.68 Å². The van der Waals surface area contributed by atoms with Crippen LogP contribution in [-0.4, -0.2) is 9.66 Å². The van der Waals surface area contributed by atoms with Crippen molar-refractivity contribution in [3.8, 4) is 11.4 Å². The number of halogens is 1. The lowest BCUT2D eigenvalue weighted by Crippen LogP contribution is -2.10. The molecule has 0 atom stereocenters. The van der Waals surface area contributed by atoms with Crippen molar-refractivity contribution in [3.05, 3.63) is 40.7 Å². The third-order valence-corrected chi connectivity index (χ3v) is 2.62. The summed E-state index contributed by atoms with van der Waals surface area (Å²) in [5, 5.41) is 0.663. The van der Waals surface area contributed by atoms with Gasteiger partial charge in [-0.25, -0.2) is 4.98 Å². The zero-order chi connectivity index (χ0) is 11.7. The number of nitrogens with zero attached hydrogens (tertiary/aromatic N) is 2. The molecule has 0 amide bonds. The second kappa shape index (κ2) is 4.15. The first-order chi connectivity index (χ1) is 7.61. The van der Waals surface area contributed by atoms with Gasteiger partial charge in [0.15, 0.2) is 5.82 Å². The first-order valence-electron chi connectivity index (χ1n) is 4.91. The Labute approximate surface area is 98.8 Å². The van der Waals surface area contributed by atoms with Crippen LogP contribution >= 0.6 is 11.6 Å². The second-order valence-corrected chi connectivity index (χ2v) is 4.06. The number of nitrogens with two attached hydrogens (primary N) is 2. The van der Waals surface area contributed by atoms with Crippen LogP contribution in [-0.2, 0) is 6.54 Å². The number of nitrogen functional groups attached to an aromatic ring is 1. The highest BCUT2D eigenvalue weighted by Crippen LogP contribution is 2.24. The summed E-state index contributed by atoms with van der Waals surface area (Å²) in [6, 6.07) is 5.52. The van der Waals surface area contributed by atoms with E-state index in [-0.39, 0.29) is 0 Å². The average molecular weight is 237 g/mol. The van der Waals surface area contributed by atoms with Gasteiger partial charge in [0.2, 0.25) is 0 Å². The van der Waals surface area contributed by atoms with Gasteiger partial charge >= 0.3 is 0 Å². The zero-order valence-corrected chi connectivity index (χ0v) is 9.70. The average Bonchev–Trinajstić information content (AvgIpc) is 2.57. The third kappa shape index (κ3) is 1.89. The van der Waals surface area contributed by atoms with E-state index in [0.717, 1.165) is 16.8 Å². The van der Waals surface area contributed by atoms with Crippen LogP contribution in [0.4, 0.5) is 0 Å². The Morgan fingerprint density at radius 2 is 2.19 bits per heavy atom. The molecule has 0 unspecified atom stereocenters. The van der Waals surface area contributed by atoms with Crippen molar-refractivity contribution in [2.45, 2.75) is 13.5 Å². The van der Waals surface area contributed by atoms with E-state index in [0.29, 0.717) is 17.4 Å². The summed E-state index contributed by atoms with van der Waals surface area (Å²) < 4.78 is 1.50. The molecule has 2 aromatic rings. The van der Waals surface area contributed by atoms with E-state index in [1.165, 1.54) is 4.68 Å². The fourth-order valence-corrected chi connectivity index (χ4v) is 1.86. The van der Waals surface area contributed by atoms with Crippen molar-refractivity contribution >= 4 is 11.6 Å². The molecule has 0 aliphatic rings. The molecule has 0 aliphatic carbocycles. The van der Waals surface area contributed by atoms with Crippen molar-refractivity contribution in [2.75, 3.05) is 5.84 Å². The monoisotopic (exact) mass is 236 g/mol. The normalized spacial score (nSPS) is 10.7. The Balaban J connectivity index is 2.59. The molecular formula is C11H13ClN4. The molecule has 1 aromatic heterocycles. The van der Waals surface area contributed by atoms with E-state index >= 15 is 0 Å². The highest BCUT2D eigenvalue weighted by atomic mass is 35.5. The maximum absolute atomic E-state index is 5.91. The van der Waals surface area contributed by atoms with E-state index in [4.69, 9.17) is 23.2 Å². The number of imidazole rings is 1. The van der Waals surface area contributed by atoms with Crippen LogP contribution in [0.25, 0.3) is 11.4 Å². The Morgan fingerprint density at radius 1 is 1.44 bits per heavy atom. The van der Waals surface area contributed by atoms with Crippen LogP contribution in [0.15, 0.2) is 24.4 Å². The van der Waals surface area contributed by atoms with Crippen LogP contribution in [0.5, 0.6) is 0 Å². The fourth-order valence-electron chi connectivity index (χ4n) is 1.66. The van der Waals surface area contributed by atoms with E-state index < -0.39 is 0 Å². The molecule has 1 heterocycles. The summed E-state index contributed by atoms with van der Waals surface area (Å²) in [6.45, 7) is 2.30. The van der Waals surface area contributed by atoms with Crippen LogP contribution in [0.3, 0.4) is 0 Å². The molecule has 84 valence electrons. The molecule has 0 saturated heterocycles. The molecule has 4 N–H and O–H groups in total. The number of aromatic nitrogens is 2. The Bertz CT molecular complexity index is 519. The van der Waals surface area contributed by atoms with Crippen LogP contribution in [0.2, 0.25) is 5.02 Å². The van der Waals surface area contributed by atoms with Gasteiger partial charge in [-0.1, -0.05) is 11.6 Å². The number of hydrogen-bond donors (Lipinski definition) is 2. The van der Waals surface area contributed by atoms with Crippen LogP contribution < -0.4 is 11.6 Å². The highest BCUT2D eigenvalue weighted by Gasteiger charge is 2.10. The molecular weight excluding hydrogens is 224 g/mol. The number of hydrogen-bond acceptors (Lipinski definition) is 3. The molecule has 1 aromatic carbocycles. The Morgan fingerprint density at radius 3 is 2.75 bits per heavy atom. The summed E-state index contributed by atoms with van der Waals surface area (Å²) in [6.07, 6.45) is 1.77. The molecule has 0 fully saturated rings. The summed E-state index contributed by atoms with van der Waals surface area (Å²) in [4.78, 5) is 4.36. The maximum Gasteiger partial charge on any atom is 0.158 e. The van der Waals surface area contributed by atoms with Gasteiger partial charge in [-0.2, -0.15) is 0 Å². The standard InChI is InChI=1S/C11H13ClN4/c1-7-6-16(14)11(15-7)10-3-2-9(12)4-8(10)5-13/h2-4,6H,5,13-14H2,1H3. The van der Waals surface area contributed by atoms with E-state index in [1.54, 1.807) is 12.3 Å². The molecule has 2 rings (SSSR count). The van der Waals surface area contributed by atoms with Gasteiger partial charge in [0.1, 0.15) is 0 Å². The molecule has 4 nitrogen and oxygen atoms in total. The van der Waals surface area contributed by atoms with Crippen LogP contribution in [0, 0.1) is 6.92 Å². The molecule has 0 spiro atoms. The Kier molecular flexibility index (Phi) is 2.85. The van der Waals surface area contributed by atoms with Gasteiger partial charge in [-0.05, 0) is 30.7 Å². The zero-order valence-electron chi connectivity index (χ0n) is 8.94. The predicted octanol–water partition coefficient (Wildman–Crippen LogP) is 1.68. The molecule has 0 radical (unpaired) electrons. The number of benzene rings is 1. The summed E-state index contributed by atoms with van der Waals surface area (Å²) in [7, 11) is 0. The quantitative estimate of drug-likeness (QED) is 0.780. The summed E-state index contributed by atoms with van der Waals surface area (Å²) in [5.74, 6) is 6.52. The lowest BCUT2D eigenvalue weighted by molar-refractivity contribution is 0.995. The van der Waals surface area contributed by atoms with Gasteiger partial charge < -0.3 is 11.6 Å². The van der Waals surface area contributed by atoms with Gasteiger partial charge in [0.25, 0.3) is 0 Å².